The van der Waals surface area contributed by atoms with E-state index in [2.05, 4.69) is 10.4 Å². The lowest BCUT2D eigenvalue weighted by molar-refractivity contribution is 0.0950. The Balaban J connectivity index is 1.67. The molecule has 1 aromatic heterocycles. The largest absolute Gasteiger partial charge is 0.346 e. The molecule has 0 radical (unpaired) electrons. The van der Waals surface area contributed by atoms with Gasteiger partial charge in [-0.25, -0.2) is 8.42 Å². The van der Waals surface area contributed by atoms with E-state index in [0.29, 0.717) is 25.2 Å². The van der Waals surface area contributed by atoms with Crippen LogP contribution < -0.4 is 5.32 Å². The van der Waals surface area contributed by atoms with E-state index in [0.717, 1.165) is 25.0 Å². The maximum Gasteiger partial charge on any atom is 0.251 e. The monoisotopic (exact) mass is 362 g/mol. The Bertz CT molecular complexity index is 837. The Morgan fingerprint density at radius 1 is 1.12 bits per heavy atom. The van der Waals surface area contributed by atoms with Crippen molar-refractivity contribution in [2.24, 2.45) is 7.05 Å². The van der Waals surface area contributed by atoms with Crippen LogP contribution in [0.25, 0.3) is 0 Å². The molecule has 1 amide bonds. The van der Waals surface area contributed by atoms with E-state index in [1.807, 2.05) is 13.1 Å². The average molecular weight is 362 g/mol. The van der Waals surface area contributed by atoms with Gasteiger partial charge in [-0.2, -0.15) is 9.40 Å². The van der Waals surface area contributed by atoms with E-state index >= 15 is 0 Å². The molecule has 0 saturated carbocycles. The molecule has 2 heterocycles. The lowest BCUT2D eigenvalue weighted by Gasteiger charge is -2.25. The lowest BCUT2D eigenvalue weighted by atomic mass is 10.2. The van der Waals surface area contributed by atoms with Gasteiger partial charge in [0.25, 0.3) is 5.91 Å². The number of nitrogens with zero attached hydrogens (tertiary/aromatic N) is 3. The van der Waals surface area contributed by atoms with Crippen LogP contribution >= 0.6 is 0 Å². The molecule has 1 aliphatic heterocycles. The molecule has 134 valence electrons. The van der Waals surface area contributed by atoms with Gasteiger partial charge in [0.1, 0.15) is 0 Å². The van der Waals surface area contributed by atoms with Crippen molar-refractivity contribution in [3.63, 3.8) is 0 Å². The summed E-state index contributed by atoms with van der Waals surface area (Å²) in [6, 6.07) is 7.94. The number of rotatable bonds is 5. The molecule has 1 fully saturated rings. The molecule has 1 N–H and O–H groups in total. The molecule has 8 heteroatoms. The Hall–Kier alpha value is -2.19. The molecule has 0 unspecified atom stereocenters. The third-order valence-electron chi connectivity index (χ3n) is 4.42. The number of aromatic nitrogens is 2. The first kappa shape index (κ1) is 17.6. The second-order valence-corrected chi connectivity index (χ2v) is 8.06. The number of sulfonamides is 1. The summed E-state index contributed by atoms with van der Waals surface area (Å²) in [7, 11) is -1.66. The van der Waals surface area contributed by atoms with E-state index in [1.54, 1.807) is 23.0 Å². The molecule has 25 heavy (non-hydrogen) atoms. The molecular weight excluding hydrogens is 340 g/mol. The normalized spacial score (nSPS) is 15.9. The zero-order valence-corrected chi connectivity index (χ0v) is 15.0. The maximum absolute atomic E-state index is 12.6. The van der Waals surface area contributed by atoms with Crippen LogP contribution in [0.5, 0.6) is 0 Å². The second-order valence-electron chi connectivity index (χ2n) is 6.12. The van der Waals surface area contributed by atoms with Gasteiger partial charge >= 0.3 is 0 Å². The Morgan fingerprint density at radius 3 is 2.40 bits per heavy atom. The molecule has 0 bridgehead atoms. The minimum atomic E-state index is -3.47. The number of carbonyl (C=O) groups is 1. The number of hydrogen-bond acceptors (Lipinski definition) is 4. The number of benzene rings is 1. The summed E-state index contributed by atoms with van der Waals surface area (Å²) in [5, 5.41) is 6.85. The number of carbonyl (C=O) groups excluding carboxylic acids is 1. The quantitative estimate of drug-likeness (QED) is 0.874. The van der Waals surface area contributed by atoms with Gasteiger partial charge in [0.15, 0.2) is 0 Å². The minimum absolute atomic E-state index is 0.234. The molecule has 0 spiro atoms. The van der Waals surface area contributed by atoms with Crippen molar-refractivity contribution in [2.45, 2.75) is 30.7 Å². The van der Waals surface area contributed by atoms with Gasteiger partial charge < -0.3 is 5.32 Å². The molecule has 7 nitrogen and oxygen atoms in total. The number of hydrogen-bond donors (Lipinski definition) is 1. The summed E-state index contributed by atoms with van der Waals surface area (Å²) in [5.41, 5.74) is 1.32. The number of piperidine rings is 1. The van der Waals surface area contributed by atoms with E-state index in [9.17, 15) is 13.2 Å². The van der Waals surface area contributed by atoms with Gasteiger partial charge in [-0.05, 0) is 43.2 Å². The zero-order chi connectivity index (χ0) is 17.9. The van der Waals surface area contributed by atoms with E-state index in [-0.39, 0.29) is 10.8 Å². The summed E-state index contributed by atoms with van der Waals surface area (Å²) < 4.78 is 28.4. The van der Waals surface area contributed by atoms with Crippen molar-refractivity contribution in [1.29, 1.82) is 0 Å². The SMILES string of the molecule is Cn1nccc1CNC(=O)c1ccc(S(=O)(=O)N2CCCCC2)cc1. The molecule has 2 aromatic rings. The van der Waals surface area contributed by atoms with Crippen LogP contribution in [-0.4, -0.2) is 41.5 Å². The second kappa shape index (κ2) is 7.37. The molecular formula is C17H22N4O3S. The number of amides is 1. The first-order chi connectivity index (χ1) is 12.0. The highest BCUT2D eigenvalue weighted by molar-refractivity contribution is 7.89. The van der Waals surface area contributed by atoms with Crippen molar-refractivity contribution in [1.82, 2.24) is 19.4 Å². The lowest BCUT2D eigenvalue weighted by Crippen LogP contribution is -2.35. The number of aryl methyl sites for hydroxylation is 1. The number of nitrogens with one attached hydrogen (secondary N) is 1. The fourth-order valence-corrected chi connectivity index (χ4v) is 4.40. The summed E-state index contributed by atoms with van der Waals surface area (Å²) in [4.78, 5) is 12.4. The highest BCUT2D eigenvalue weighted by atomic mass is 32.2. The van der Waals surface area contributed by atoms with Gasteiger partial charge in [0.2, 0.25) is 10.0 Å². The fourth-order valence-electron chi connectivity index (χ4n) is 2.88. The highest BCUT2D eigenvalue weighted by Crippen LogP contribution is 2.20. The standard InChI is InChI=1S/C17H22N4O3S/c1-20-15(9-10-19-20)13-18-17(22)14-5-7-16(8-6-14)25(23,24)21-11-3-2-4-12-21/h5-10H,2-4,11-13H2,1H3,(H,18,22). The summed E-state index contributed by atoms with van der Waals surface area (Å²) in [5.74, 6) is -0.247. The van der Waals surface area contributed by atoms with E-state index in [1.165, 1.54) is 16.4 Å². The zero-order valence-electron chi connectivity index (χ0n) is 14.2. The van der Waals surface area contributed by atoms with Crippen molar-refractivity contribution >= 4 is 15.9 Å². The highest BCUT2D eigenvalue weighted by Gasteiger charge is 2.25. The van der Waals surface area contributed by atoms with Gasteiger partial charge in [-0.3, -0.25) is 9.48 Å². The molecule has 1 aromatic carbocycles. The first-order valence-electron chi connectivity index (χ1n) is 8.34. The van der Waals surface area contributed by atoms with Crippen LogP contribution in [0.15, 0.2) is 41.4 Å². The predicted octanol–water partition coefficient (Wildman–Crippen LogP) is 1.52. The van der Waals surface area contributed by atoms with Gasteiger partial charge in [-0.15, -0.1) is 0 Å². The summed E-state index contributed by atoms with van der Waals surface area (Å²) in [6.07, 6.45) is 4.53. The maximum atomic E-state index is 12.6. The Kier molecular flexibility index (Phi) is 5.19. The van der Waals surface area contributed by atoms with Crippen molar-refractivity contribution < 1.29 is 13.2 Å². The fraction of sp³-hybridized carbons (Fsp3) is 0.412. The Morgan fingerprint density at radius 2 is 1.80 bits per heavy atom. The van der Waals surface area contributed by atoms with Crippen LogP contribution in [0, 0.1) is 0 Å². The molecule has 3 rings (SSSR count). The van der Waals surface area contributed by atoms with Crippen LogP contribution in [0.1, 0.15) is 35.3 Å². The third-order valence-corrected chi connectivity index (χ3v) is 6.33. The summed E-state index contributed by atoms with van der Waals surface area (Å²) in [6.45, 7) is 1.49. The van der Waals surface area contributed by atoms with E-state index in [4.69, 9.17) is 0 Å². The molecule has 0 aliphatic carbocycles. The van der Waals surface area contributed by atoms with Crippen LogP contribution in [-0.2, 0) is 23.6 Å². The smallest absolute Gasteiger partial charge is 0.251 e. The van der Waals surface area contributed by atoms with Crippen molar-refractivity contribution in [3.8, 4) is 0 Å². The Labute approximate surface area is 147 Å². The van der Waals surface area contributed by atoms with Crippen LogP contribution in [0.4, 0.5) is 0 Å². The molecule has 1 aliphatic rings. The molecule has 1 saturated heterocycles. The topological polar surface area (TPSA) is 84.3 Å². The first-order valence-corrected chi connectivity index (χ1v) is 9.78. The predicted molar refractivity (Wildman–Crippen MR) is 93.4 cm³/mol. The average Bonchev–Trinajstić information content (AvgIpc) is 3.05. The third kappa shape index (κ3) is 3.91. The minimum Gasteiger partial charge on any atom is -0.346 e. The molecule has 0 atom stereocenters. The van der Waals surface area contributed by atoms with Gasteiger partial charge in [0, 0.05) is 31.9 Å². The van der Waals surface area contributed by atoms with E-state index < -0.39 is 10.0 Å². The van der Waals surface area contributed by atoms with Crippen LogP contribution in [0.2, 0.25) is 0 Å². The van der Waals surface area contributed by atoms with Crippen LogP contribution in [0.3, 0.4) is 0 Å². The van der Waals surface area contributed by atoms with Gasteiger partial charge in [-0.1, -0.05) is 6.42 Å². The van der Waals surface area contributed by atoms with Gasteiger partial charge in [0.05, 0.1) is 17.1 Å². The van der Waals surface area contributed by atoms with Crippen molar-refractivity contribution in [3.05, 3.63) is 47.8 Å². The summed E-state index contributed by atoms with van der Waals surface area (Å²) >= 11 is 0. The van der Waals surface area contributed by atoms with Crippen molar-refractivity contribution in [2.75, 3.05) is 13.1 Å².